The van der Waals surface area contributed by atoms with Gasteiger partial charge in [-0.3, -0.25) is 29.5 Å². The highest BCUT2D eigenvalue weighted by atomic mass is 19.1. The number of carbonyl (C=O) groups is 2. The van der Waals surface area contributed by atoms with E-state index in [-0.39, 0.29) is 23.3 Å². The quantitative estimate of drug-likeness (QED) is 0.291. The van der Waals surface area contributed by atoms with Gasteiger partial charge in [0.1, 0.15) is 11.4 Å². The molecular weight excluding hydrogens is 571 g/mol. The van der Waals surface area contributed by atoms with E-state index in [0.29, 0.717) is 43.6 Å². The standard InChI is InChI=1S/C35H37FN6O3/c1-33(2)21-41(18-22-5-7-23(8-6-22)25-17-39-42(19-25)34(3,4)20-37)14-13-35(33,45)28-10-11-29-27(31(28)36)15-24(16-38-29)26-9-12-30(43)40-32(26)44/h5-8,10-11,15-17,19,26,45H,9,12-14,18,21H2,1-4H3,(H,40,43,44)/t26-,35-/m0/s1. The van der Waals surface area contributed by atoms with Crippen molar-refractivity contribution in [3.8, 4) is 17.2 Å². The Morgan fingerprint density at radius 1 is 1.13 bits per heavy atom. The highest BCUT2D eigenvalue weighted by molar-refractivity contribution is 6.01. The summed E-state index contributed by atoms with van der Waals surface area (Å²) < 4.78 is 17.9. The first-order chi connectivity index (χ1) is 21.3. The van der Waals surface area contributed by atoms with Gasteiger partial charge < -0.3 is 5.11 Å². The van der Waals surface area contributed by atoms with Crippen molar-refractivity contribution in [2.24, 2.45) is 5.41 Å². The van der Waals surface area contributed by atoms with Crippen LogP contribution in [0.2, 0.25) is 0 Å². The van der Waals surface area contributed by atoms with E-state index in [4.69, 9.17) is 0 Å². The van der Waals surface area contributed by atoms with Gasteiger partial charge in [-0.2, -0.15) is 10.4 Å². The van der Waals surface area contributed by atoms with Gasteiger partial charge in [-0.25, -0.2) is 4.39 Å². The number of benzene rings is 2. The molecule has 0 aliphatic carbocycles. The van der Waals surface area contributed by atoms with E-state index in [2.05, 4.69) is 38.5 Å². The van der Waals surface area contributed by atoms with Gasteiger partial charge in [0.25, 0.3) is 0 Å². The van der Waals surface area contributed by atoms with Gasteiger partial charge in [0, 0.05) is 60.4 Å². The molecule has 10 heteroatoms. The summed E-state index contributed by atoms with van der Waals surface area (Å²) in [6.45, 7) is 9.37. The summed E-state index contributed by atoms with van der Waals surface area (Å²) in [5, 5.41) is 28.5. The zero-order chi connectivity index (χ0) is 32.1. The Morgan fingerprint density at radius 2 is 1.89 bits per heavy atom. The molecule has 2 atom stereocenters. The largest absolute Gasteiger partial charge is 0.384 e. The molecule has 2 amide bonds. The molecule has 2 aromatic heterocycles. The fourth-order valence-corrected chi connectivity index (χ4v) is 6.65. The molecule has 2 N–H and O–H groups in total. The fraction of sp³-hybridized carbons (Fsp3) is 0.400. The molecule has 6 rings (SSSR count). The van der Waals surface area contributed by atoms with Crippen molar-refractivity contribution < 1.29 is 19.1 Å². The third kappa shape index (κ3) is 5.51. The van der Waals surface area contributed by atoms with Crippen molar-refractivity contribution >= 4 is 22.7 Å². The first kappa shape index (κ1) is 30.6. The Bertz CT molecular complexity index is 1840. The first-order valence-corrected chi connectivity index (χ1v) is 15.2. The number of rotatable bonds is 6. The molecule has 0 radical (unpaired) electrons. The predicted octanol–water partition coefficient (Wildman–Crippen LogP) is 5.14. The van der Waals surface area contributed by atoms with Crippen LogP contribution in [0.5, 0.6) is 0 Å². The average molecular weight is 609 g/mol. The first-order valence-electron chi connectivity index (χ1n) is 15.2. The number of hydrogen-bond acceptors (Lipinski definition) is 7. The maximum atomic E-state index is 16.3. The van der Waals surface area contributed by atoms with Crippen molar-refractivity contribution in [2.45, 2.75) is 70.6 Å². The van der Waals surface area contributed by atoms with Crippen LogP contribution in [0.1, 0.15) is 69.6 Å². The van der Waals surface area contributed by atoms with Crippen LogP contribution in [0.25, 0.3) is 22.0 Å². The summed E-state index contributed by atoms with van der Waals surface area (Å²) in [6.07, 6.45) is 6.12. The van der Waals surface area contributed by atoms with Gasteiger partial charge in [-0.15, -0.1) is 0 Å². The lowest BCUT2D eigenvalue weighted by Crippen LogP contribution is -2.55. The smallest absolute Gasteiger partial charge is 0.234 e. The third-order valence-corrected chi connectivity index (χ3v) is 9.56. The predicted molar refractivity (Wildman–Crippen MR) is 167 cm³/mol. The second-order valence-electron chi connectivity index (χ2n) is 13.5. The molecular formula is C35H37FN6O3. The molecule has 2 fully saturated rings. The summed E-state index contributed by atoms with van der Waals surface area (Å²) in [7, 11) is 0. The third-order valence-electron chi connectivity index (χ3n) is 9.56. The van der Waals surface area contributed by atoms with Crippen molar-refractivity contribution in [3.05, 3.63) is 83.6 Å². The molecule has 9 nitrogen and oxygen atoms in total. The van der Waals surface area contributed by atoms with Crippen molar-refractivity contribution in [1.82, 2.24) is 25.0 Å². The molecule has 232 valence electrons. The fourth-order valence-electron chi connectivity index (χ4n) is 6.65. The lowest BCUT2D eigenvalue weighted by Gasteiger charge is -2.50. The van der Waals surface area contributed by atoms with E-state index in [1.165, 1.54) is 0 Å². The van der Waals surface area contributed by atoms with E-state index in [1.807, 2.05) is 46.0 Å². The molecule has 45 heavy (non-hydrogen) atoms. The Hall–Kier alpha value is -4.46. The minimum Gasteiger partial charge on any atom is -0.384 e. The molecule has 0 unspecified atom stereocenters. The molecule has 4 aromatic rings. The number of fused-ring (bicyclic) bond motifs is 1. The number of piperidine rings is 2. The number of aromatic nitrogens is 3. The summed E-state index contributed by atoms with van der Waals surface area (Å²) in [4.78, 5) is 30.7. The van der Waals surface area contributed by atoms with Crippen molar-refractivity contribution in [3.63, 3.8) is 0 Å². The van der Waals surface area contributed by atoms with Crippen LogP contribution in [-0.2, 0) is 27.3 Å². The van der Waals surface area contributed by atoms with E-state index < -0.39 is 34.2 Å². The number of aliphatic hydroxyl groups is 1. The van der Waals surface area contributed by atoms with Crippen LogP contribution in [0.3, 0.4) is 0 Å². The number of hydrogen-bond donors (Lipinski definition) is 2. The van der Waals surface area contributed by atoms with Crippen molar-refractivity contribution in [2.75, 3.05) is 13.1 Å². The van der Waals surface area contributed by atoms with Crippen LogP contribution in [-0.4, -0.2) is 49.7 Å². The Balaban J connectivity index is 1.19. The minimum absolute atomic E-state index is 0.221. The highest BCUT2D eigenvalue weighted by Gasteiger charge is 2.50. The summed E-state index contributed by atoms with van der Waals surface area (Å²) >= 11 is 0. The maximum absolute atomic E-state index is 16.3. The van der Waals surface area contributed by atoms with Crippen molar-refractivity contribution in [1.29, 1.82) is 5.26 Å². The van der Waals surface area contributed by atoms with Gasteiger partial charge in [0.05, 0.1) is 29.3 Å². The normalized spacial score (nSPS) is 22.3. The second-order valence-corrected chi connectivity index (χ2v) is 13.5. The Labute approximate surface area is 261 Å². The number of nitriles is 1. The monoisotopic (exact) mass is 608 g/mol. The Kier molecular flexibility index (Phi) is 7.58. The van der Waals surface area contributed by atoms with Gasteiger partial charge in [-0.05, 0) is 55.5 Å². The van der Waals surface area contributed by atoms with Crippen LogP contribution < -0.4 is 5.32 Å². The summed E-state index contributed by atoms with van der Waals surface area (Å²) in [5.74, 6) is -1.82. The number of likely N-dealkylation sites (tertiary alicyclic amines) is 1. The van der Waals surface area contributed by atoms with Crippen LogP contribution in [0, 0.1) is 22.6 Å². The molecule has 0 bridgehead atoms. The van der Waals surface area contributed by atoms with Gasteiger partial charge in [0.15, 0.2) is 0 Å². The topological polar surface area (TPSA) is 124 Å². The van der Waals surface area contributed by atoms with Gasteiger partial charge >= 0.3 is 0 Å². The average Bonchev–Trinajstić information content (AvgIpc) is 3.51. The zero-order valence-corrected chi connectivity index (χ0v) is 26.0. The number of carbonyl (C=O) groups excluding carboxylic acids is 2. The molecule has 2 aliphatic heterocycles. The van der Waals surface area contributed by atoms with E-state index in [0.717, 1.165) is 16.7 Å². The SMILES string of the molecule is CC(C)(C#N)n1cc(-c2ccc(CN3CC[C@](O)(c4ccc5ncc([C@@H]6CCC(=O)NC6=O)cc5c4F)C(C)(C)C3)cc2)cn1. The number of nitrogens with zero attached hydrogens (tertiary/aromatic N) is 5. The minimum atomic E-state index is -1.42. The summed E-state index contributed by atoms with van der Waals surface area (Å²) in [6, 6.07) is 15.5. The zero-order valence-electron chi connectivity index (χ0n) is 26.0. The highest BCUT2D eigenvalue weighted by Crippen LogP contribution is 2.48. The number of pyridine rings is 1. The summed E-state index contributed by atoms with van der Waals surface area (Å²) in [5.41, 5.74) is 1.45. The van der Waals surface area contributed by atoms with Gasteiger partial charge in [-0.1, -0.05) is 44.2 Å². The second kappa shape index (κ2) is 11.2. The Morgan fingerprint density at radius 3 is 2.58 bits per heavy atom. The molecule has 0 saturated carbocycles. The van der Waals surface area contributed by atoms with E-state index in [9.17, 15) is 20.0 Å². The molecule has 2 aromatic carbocycles. The number of imide groups is 1. The van der Waals surface area contributed by atoms with E-state index in [1.54, 1.807) is 35.3 Å². The maximum Gasteiger partial charge on any atom is 0.234 e. The number of amides is 2. The lowest BCUT2D eigenvalue weighted by atomic mass is 9.66. The molecule has 2 aliphatic rings. The van der Waals surface area contributed by atoms with Gasteiger partial charge in [0.2, 0.25) is 11.8 Å². The van der Waals surface area contributed by atoms with Crippen LogP contribution in [0.4, 0.5) is 4.39 Å². The van der Waals surface area contributed by atoms with Crippen LogP contribution >= 0.6 is 0 Å². The van der Waals surface area contributed by atoms with Crippen LogP contribution in [0.15, 0.2) is 61.1 Å². The number of nitrogens with one attached hydrogen (secondary N) is 1. The molecule has 0 spiro atoms. The molecule has 4 heterocycles. The van der Waals surface area contributed by atoms with E-state index >= 15 is 4.39 Å². The molecule has 2 saturated heterocycles. The lowest BCUT2D eigenvalue weighted by molar-refractivity contribution is -0.134. The number of halogens is 1.